The van der Waals surface area contributed by atoms with Crippen LogP contribution in [0.3, 0.4) is 0 Å². The van der Waals surface area contributed by atoms with E-state index in [1.54, 1.807) is 47.2 Å². The van der Waals surface area contributed by atoms with E-state index in [0.717, 1.165) is 0 Å². The van der Waals surface area contributed by atoms with Gasteiger partial charge >= 0.3 is 0 Å². The molecule has 2 aliphatic rings. The minimum Gasteiger partial charge on any atom is -0.496 e. The molecule has 1 saturated heterocycles. The van der Waals surface area contributed by atoms with E-state index in [9.17, 15) is 18.8 Å². The number of benzene rings is 1. The maximum atomic E-state index is 14.5. The third-order valence-electron chi connectivity index (χ3n) is 5.45. The number of carbonyl (C=O) groups excluding carboxylic acids is 2. The van der Waals surface area contributed by atoms with E-state index in [1.807, 2.05) is 0 Å². The van der Waals surface area contributed by atoms with Gasteiger partial charge in [-0.05, 0) is 5.56 Å². The summed E-state index contributed by atoms with van der Waals surface area (Å²) in [6.45, 7) is 1.42. The van der Waals surface area contributed by atoms with Crippen LogP contribution >= 0.6 is 0 Å². The molecule has 1 atom stereocenters. The van der Waals surface area contributed by atoms with Crippen molar-refractivity contribution in [3.63, 3.8) is 0 Å². The maximum absolute atomic E-state index is 14.5. The second kappa shape index (κ2) is 8.74. The van der Waals surface area contributed by atoms with Crippen LogP contribution in [-0.2, 0) is 11.8 Å². The summed E-state index contributed by atoms with van der Waals surface area (Å²) < 4.78 is 21.0. The number of amides is 2. The van der Waals surface area contributed by atoms with Gasteiger partial charge in [-0.2, -0.15) is 4.99 Å². The Morgan fingerprint density at radius 3 is 2.44 bits per heavy atom. The molecular weight excluding hydrogens is 417 g/mol. The Bertz CT molecular complexity index is 1170. The van der Waals surface area contributed by atoms with Gasteiger partial charge in [-0.3, -0.25) is 14.4 Å². The van der Waals surface area contributed by atoms with Crippen LogP contribution < -0.4 is 10.3 Å². The molecule has 166 valence electrons. The summed E-state index contributed by atoms with van der Waals surface area (Å²) in [5.41, 5.74) is 0.574. The van der Waals surface area contributed by atoms with E-state index in [1.165, 1.54) is 23.9 Å². The van der Waals surface area contributed by atoms with Gasteiger partial charge in [0.05, 0.1) is 18.4 Å². The average Bonchev–Trinajstić information content (AvgIpc) is 2.82. The first-order valence-electron chi connectivity index (χ1n) is 10.1. The van der Waals surface area contributed by atoms with Gasteiger partial charge in [-0.15, -0.1) is 0 Å². The molecule has 1 aromatic carbocycles. The summed E-state index contributed by atoms with van der Waals surface area (Å²) in [6.07, 6.45) is -0.446. The fourth-order valence-electron chi connectivity index (χ4n) is 3.64. The molecule has 1 aromatic heterocycles. The zero-order chi connectivity index (χ0) is 22.8. The fraction of sp³-hybridized carbons (Fsp3) is 0.318. The number of carbonyl (C=O) groups is 2. The monoisotopic (exact) mass is 439 g/mol. The smallest absolute Gasteiger partial charge is 0.289 e. The van der Waals surface area contributed by atoms with Gasteiger partial charge in [0.2, 0.25) is 12.1 Å². The third-order valence-corrected chi connectivity index (χ3v) is 5.45. The zero-order valence-corrected chi connectivity index (χ0v) is 17.7. The van der Waals surface area contributed by atoms with Crippen LogP contribution in [0.1, 0.15) is 15.9 Å². The largest absolute Gasteiger partial charge is 0.496 e. The van der Waals surface area contributed by atoms with E-state index in [-0.39, 0.29) is 34.5 Å². The van der Waals surface area contributed by atoms with Crippen LogP contribution in [0.25, 0.3) is 0 Å². The molecule has 2 aliphatic heterocycles. The third kappa shape index (κ3) is 4.03. The van der Waals surface area contributed by atoms with E-state index < -0.39 is 12.1 Å². The Morgan fingerprint density at radius 2 is 1.78 bits per heavy atom. The molecule has 0 bridgehead atoms. The maximum Gasteiger partial charge on any atom is 0.289 e. The molecule has 0 spiro atoms. The quantitative estimate of drug-likeness (QED) is 0.707. The molecule has 1 fully saturated rings. The first-order valence-corrected chi connectivity index (χ1v) is 10.1. The second-order valence-corrected chi connectivity index (χ2v) is 7.46. The van der Waals surface area contributed by atoms with Crippen molar-refractivity contribution in [2.24, 2.45) is 17.0 Å². The summed E-state index contributed by atoms with van der Waals surface area (Å²) in [7, 11) is 2.97. The number of ether oxygens (including phenoxy) is 1. The topological polar surface area (TPSA) is 96.6 Å². The van der Waals surface area contributed by atoms with Crippen LogP contribution in [0, 0.1) is 0 Å². The molecule has 0 radical (unpaired) electrons. The molecule has 2 amide bonds. The predicted octanol–water partition coefficient (Wildman–Crippen LogP) is 0.875. The van der Waals surface area contributed by atoms with E-state index in [2.05, 4.69) is 9.98 Å². The molecule has 10 heteroatoms. The van der Waals surface area contributed by atoms with Crippen LogP contribution in [0.15, 0.2) is 57.4 Å². The Kier molecular flexibility index (Phi) is 5.85. The number of piperazine rings is 1. The van der Waals surface area contributed by atoms with Gasteiger partial charge in [0.1, 0.15) is 5.75 Å². The van der Waals surface area contributed by atoms with Crippen molar-refractivity contribution in [3.8, 4) is 5.75 Å². The van der Waals surface area contributed by atoms with Gasteiger partial charge in [-0.25, -0.2) is 9.38 Å². The lowest BCUT2D eigenvalue weighted by atomic mass is 10.0. The van der Waals surface area contributed by atoms with Crippen LogP contribution in [0.4, 0.5) is 4.39 Å². The van der Waals surface area contributed by atoms with Crippen LogP contribution in [-0.4, -0.2) is 77.3 Å². The summed E-state index contributed by atoms with van der Waals surface area (Å²) >= 11 is 0. The Labute approximate surface area is 183 Å². The number of hydrogen-bond donors (Lipinski definition) is 0. The molecule has 9 nitrogen and oxygen atoms in total. The Balaban J connectivity index is 1.50. The van der Waals surface area contributed by atoms with Crippen LogP contribution in [0.5, 0.6) is 5.75 Å². The van der Waals surface area contributed by atoms with Gasteiger partial charge < -0.3 is 19.1 Å². The highest BCUT2D eigenvalue weighted by Crippen LogP contribution is 2.20. The molecule has 2 aromatic rings. The first-order chi connectivity index (χ1) is 15.4. The number of aromatic nitrogens is 1. The highest BCUT2D eigenvalue weighted by molar-refractivity contribution is 6.23. The minimum absolute atomic E-state index is 0.0362. The van der Waals surface area contributed by atoms with Crippen molar-refractivity contribution in [2.75, 3.05) is 33.3 Å². The zero-order valence-electron chi connectivity index (χ0n) is 17.7. The number of hydrogen-bond acceptors (Lipinski definition) is 6. The van der Waals surface area contributed by atoms with Gasteiger partial charge in [-0.1, -0.05) is 30.3 Å². The van der Waals surface area contributed by atoms with Crippen LogP contribution in [0.2, 0.25) is 0 Å². The van der Waals surface area contributed by atoms with E-state index in [4.69, 9.17) is 4.74 Å². The molecule has 4 rings (SSSR count). The SMILES string of the molecule is COc1cc(=O)n(C)cc1C(=O)N1CCN(C2=NC(=O)C(F)C(c3ccccc3)=N2)CC1. The molecular formula is C22H22FN5O4. The summed E-state index contributed by atoms with van der Waals surface area (Å²) in [5.74, 6) is -0.790. The van der Waals surface area contributed by atoms with Gasteiger partial charge in [0.25, 0.3) is 17.4 Å². The lowest BCUT2D eigenvalue weighted by Gasteiger charge is -2.36. The highest BCUT2D eigenvalue weighted by Gasteiger charge is 2.33. The molecule has 32 heavy (non-hydrogen) atoms. The second-order valence-electron chi connectivity index (χ2n) is 7.46. The van der Waals surface area contributed by atoms with Gasteiger partial charge in [0.15, 0.2) is 0 Å². The number of rotatable bonds is 3. The molecule has 0 saturated carbocycles. The lowest BCUT2D eigenvalue weighted by molar-refractivity contribution is -0.120. The normalized spacial score (nSPS) is 18.8. The van der Waals surface area contributed by atoms with Crippen molar-refractivity contribution in [3.05, 3.63) is 64.1 Å². The number of methoxy groups -OCH3 is 1. The van der Waals surface area contributed by atoms with Crippen molar-refractivity contribution in [1.82, 2.24) is 14.4 Å². The average molecular weight is 439 g/mol. The number of aliphatic imine (C=N–C) groups is 2. The predicted molar refractivity (Wildman–Crippen MR) is 116 cm³/mol. The van der Waals surface area contributed by atoms with Crippen molar-refractivity contribution >= 4 is 23.5 Å². The van der Waals surface area contributed by atoms with Crippen molar-refractivity contribution in [1.29, 1.82) is 0 Å². The summed E-state index contributed by atoms with van der Waals surface area (Å²) in [6, 6.07) is 9.96. The number of nitrogens with zero attached hydrogens (tertiary/aromatic N) is 5. The highest BCUT2D eigenvalue weighted by atomic mass is 19.1. The number of pyridine rings is 1. The van der Waals surface area contributed by atoms with Crippen molar-refractivity contribution < 1.29 is 18.7 Å². The van der Waals surface area contributed by atoms with E-state index >= 15 is 0 Å². The Hall–Kier alpha value is -3.82. The minimum atomic E-state index is -1.90. The molecule has 3 heterocycles. The van der Waals surface area contributed by atoms with Gasteiger partial charge in [0, 0.05) is 45.5 Å². The molecule has 0 N–H and O–H groups in total. The fourth-order valence-corrected chi connectivity index (χ4v) is 3.64. The summed E-state index contributed by atoms with van der Waals surface area (Å²) in [5, 5.41) is 0. The Morgan fingerprint density at radius 1 is 1.09 bits per heavy atom. The number of halogens is 1. The van der Waals surface area contributed by atoms with Crippen molar-refractivity contribution in [2.45, 2.75) is 6.17 Å². The number of guanidine groups is 1. The molecule has 0 aliphatic carbocycles. The molecule has 1 unspecified atom stereocenters. The lowest BCUT2D eigenvalue weighted by Crippen LogP contribution is -2.51. The summed E-state index contributed by atoms with van der Waals surface area (Å²) in [4.78, 5) is 48.5. The number of alkyl halides is 1. The number of aryl methyl sites for hydroxylation is 1. The first kappa shape index (κ1) is 21.4. The van der Waals surface area contributed by atoms with E-state index in [0.29, 0.717) is 31.7 Å². The standard InChI is InChI=1S/C22H22FN5O4/c1-26-13-15(16(32-2)12-17(26)29)21(31)27-8-10-28(11-9-27)22-24-19(18(23)20(30)25-22)14-6-4-3-5-7-14/h3-7,12-13,18H,8-11H2,1-2H3.